The first-order valence-electron chi connectivity index (χ1n) is 11.9. The Balaban J connectivity index is 1.28. The molecule has 0 bridgehead atoms. The van der Waals surface area contributed by atoms with Crippen LogP contribution in [0.3, 0.4) is 0 Å². The molecule has 1 saturated heterocycles. The molecule has 0 radical (unpaired) electrons. The number of hydrogen-bond donors (Lipinski definition) is 3. The van der Waals surface area contributed by atoms with Crippen LogP contribution in [-0.4, -0.2) is 76.6 Å². The van der Waals surface area contributed by atoms with Gasteiger partial charge in [-0.25, -0.2) is 4.79 Å². The molecule has 3 aromatic rings. The highest BCUT2D eigenvalue weighted by Gasteiger charge is 2.28. The van der Waals surface area contributed by atoms with E-state index in [0.29, 0.717) is 26.1 Å². The van der Waals surface area contributed by atoms with Gasteiger partial charge in [0, 0.05) is 49.4 Å². The zero-order valence-corrected chi connectivity index (χ0v) is 19.9. The summed E-state index contributed by atoms with van der Waals surface area (Å²) in [5.41, 5.74) is 2.71. The van der Waals surface area contributed by atoms with E-state index in [1.807, 2.05) is 54.6 Å². The van der Waals surface area contributed by atoms with Crippen molar-refractivity contribution in [3.63, 3.8) is 0 Å². The molecule has 3 amide bonds. The van der Waals surface area contributed by atoms with Gasteiger partial charge in [-0.3, -0.25) is 9.59 Å². The minimum Gasteiger partial charge on any atom is -0.445 e. The molecule has 0 aliphatic carbocycles. The van der Waals surface area contributed by atoms with E-state index < -0.39 is 24.6 Å². The molecule has 1 aliphatic heterocycles. The van der Waals surface area contributed by atoms with E-state index >= 15 is 0 Å². The first kappa shape index (κ1) is 25.0. The summed E-state index contributed by atoms with van der Waals surface area (Å²) in [5, 5.41) is 13.3. The number of fused-ring (bicyclic) bond motifs is 1. The van der Waals surface area contributed by atoms with Gasteiger partial charge >= 0.3 is 6.09 Å². The predicted octanol–water partition coefficient (Wildman–Crippen LogP) is 2.53. The van der Waals surface area contributed by atoms with E-state index in [4.69, 9.17) is 4.74 Å². The molecule has 1 fully saturated rings. The second-order valence-electron chi connectivity index (χ2n) is 8.57. The number of benzene rings is 2. The fourth-order valence-electron chi connectivity index (χ4n) is 4.15. The van der Waals surface area contributed by atoms with Gasteiger partial charge < -0.3 is 29.9 Å². The zero-order chi connectivity index (χ0) is 25.3. The molecule has 9 nitrogen and oxygen atoms in total. The van der Waals surface area contributed by atoms with Gasteiger partial charge in [0.1, 0.15) is 12.6 Å². The summed E-state index contributed by atoms with van der Waals surface area (Å²) in [6.07, 6.45) is 4.95. The lowest BCUT2D eigenvalue weighted by molar-refractivity contribution is -0.136. The van der Waals surface area contributed by atoms with Crippen molar-refractivity contribution in [2.24, 2.45) is 0 Å². The molecule has 0 spiro atoms. The van der Waals surface area contributed by atoms with E-state index in [-0.39, 0.29) is 19.1 Å². The fraction of sp³-hybridized carbons (Fsp3) is 0.296. The molecule has 1 atom stereocenters. The van der Waals surface area contributed by atoms with Gasteiger partial charge in [0.25, 0.3) is 0 Å². The number of rotatable bonds is 7. The molecule has 188 valence electrons. The Labute approximate surface area is 209 Å². The molecule has 36 heavy (non-hydrogen) atoms. The maximum Gasteiger partial charge on any atom is 0.410 e. The first-order valence-corrected chi connectivity index (χ1v) is 11.9. The van der Waals surface area contributed by atoms with E-state index in [1.54, 1.807) is 22.1 Å². The van der Waals surface area contributed by atoms with Crippen LogP contribution in [0.2, 0.25) is 0 Å². The molecule has 1 aromatic heterocycles. The number of nitrogens with zero attached hydrogens (tertiary/aromatic N) is 2. The normalized spacial score (nSPS) is 15.0. The smallest absolute Gasteiger partial charge is 0.410 e. The average molecular weight is 491 g/mol. The summed E-state index contributed by atoms with van der Waals surface area (Å²) in [6, 6.07) is 16.1. The lowest BCUT2D eigenvalue weighted by atomic mass is 10.1. The molecule has 2 aromatic carbocycles. The third-order valence-electron chi connectivity index (χ3n) is 6.10. The number of aliphatic hydroxyl groups excluding tert-OH is 1. The molecule has 1 aliphatic rings. The largest absolute Gasteiger partial charge is 0.445 e. The highest BCUT2D eigenvalue weighted by Crippen LogP contribution is 2.18. The number of aromatic nitrogens is 1. The molecule has 3 N–H and O–H groups in total. The monoisotopic (exact) mass is 490 g/mol. The number of carbonyl (C=O) groups excluding carboxylic acids is 3. The zero-order valence-electron chi connectivity index (χ0n) is 19.9. The number of aliphatic hydroxyl groups is 1. The van der Waals surface area contributed by atoms with Crippen LogP contribution < -0.4 is 5.32 Å². The summed E-state index contributed by atoms with van der Waals surface area (Å²) < 4.78 is 5.40. The second kappa shape index (κ2) is 12.0. The number of aromatic amines is 1. The number of H-pyrrole nitrogens is 1. The average Bonchev–Trinajstić information content (AvgIpc) is 3.16. The van der Waals surface area contributed by atoms with Crippen molar-refractivity contribution in [2.45, 2.75) is 19.1 Å². The summed E-state index contributed by atoms with van der Waals surface area (Å²) in [7, 11) is 0. The van der Waals surface area contributed by atoms with E-state index in [9.17, 15) is 19.5 Å². The molecule has 4 rings (SSSR count). The van der Waals surface area contributed by atoms with Crippen LogP contribution in [-0.2, 0) is 20.9 Å². The number of carbonyl (C=O) groups is 3. The Morgan fingerprint density at radius 2 is 1.72 bits per heavy atom. The highest BCUT2D eigenvalue weighted by molar-refractivity contribution is 5.98. The van der Waals surface area contributed by atoms with Crippen LogP contribution in [0.15, 0.2) is 66.9 Å². The Morgan fingerprint density at radius 1 is 1.00 bits per heavy atom. The Bertz CT molecular complexity index is 1220. The minimum atomic E-state index is -1.07. The van der Waals surface area contributed by atoms with Gasteiger partial charge in [-0.15, -0.1) is 0 Å². The van der Waals surface area contributed by atoms with E-state index in [1.165, 1.54) is 6.08 Å². The van der Waals surface area contributed by atoms with Crippen molar-refractivity contribution in [3.05, 3.63) is 78.0 Å². The van der Waals surface area contributed by atoms with Crippen LogP contribution in [0.4, 0.5) is 4.79 Å². The van der Waals surface area contributed by atoms with Crippen LogP contribution in [0.5, 0.6) is 0 Å². The van der Waals surface area contributed by atoms with Gasteiger partial charge in [-0.2, -0.15) is 0 Å². The van der Waals surface area contributed by atoms with Crippen LogP contribution >= 0.6 is 0 Å². The van der Waals surface area contributed by atoms with Crippen LogP contribution in [0, 0.1) is 0 Å². The fourth-order valence-corrected chi connectivity index (χ4v) is 4.15. The van der Waals surface area contributed by atoms with E-state index in [0.717, 1.165) is 22.0 Å². The Hall–Kier alpha value is -4.11. The number of para-hydroxylation sites is 1. The van der Waals surface area contributed by atoms with Gasteiger partial charge in [-0.1, -0.05) is 48.5 Å². The van der Waals surface area contributed by atoms with Crippen molar-refractivity contribution in [2.75, 3.05) is 32.8 Å². The van der Waals surface area contributed by atoms with Crippen LogP contribution in [0.25, 0.3) is 17.0 Å². The molecule has 9 heteroatoms. The molecule has 0 saturated carbocycles. The lowest BCUT2D eigenvalue weighted by Gasteiger charge is -2.25. The Morgan fingerprint density at radius 3 is 2.53 bits per heavy atom. The quantitative estimate of drug-likeness (QED) is 0.441. The van der Waals surface area contributed by atoms with Gasteiger partial charge in [0.2, 0.25) is 11.8 Å². The number of ether oxygens (including phenoxy) is 1. The van der Waals surface area contributed by atoms with Gasteiger partial charge in [0.15, 0.2) is 0 Å². The van der Waals surface area contributed by atoms with Crippen molar-refractivity contribution in [1.82, 2.24) is 20.1 Å². The van der Waals surface area contributed by atoms with E-state index in [2.05, 4.69) is 10.3 Å². The number of amides is 3. The third kappa shape index (κ3) is 6.31. The standard InChI is InChI=1S/C27H30N4O5/c32-18-24(29-25(33)12-11-21-17-28-23-10-5-4-9-22(21)23)26(34)30-13-6-14-31(16-15-30)27(35)36-19-20-7-2-1-3-8-20/h1-5,7-12,17,24,28,32H,6,13-16,18-19H2,(H,29,33). The summed E-state index contributed by atoms with van der Waals surface area (Å²) in [4.78, 5) is 44.2. The third-order valence-corrected chi connectivity index (χ3v) is 6.10. The highest BCUT2D eigenvalue weighted by atomic mass is 16.6. The second-order valence-corrected chi connectivity index (χ2v) is 8.57. The van der Waals surface area contributed by atoms with Gasteiger partial charge in [-0.05, 0) is 29.7 Å². The maximum atomic E-state index is 13.0. The maximum absolute atomic E-state index is 13.0. The number of nitrogens with one attached hydrogen (secondary N) is 2. The molecular formula is C27H30N4O5. The SMILES string of the molecule is O=C(C=Cc1c[nH]c2ccccc12)NC(CO)C(=O)N1CCCN(C(=O)OCc2ccccc2)CC1. The number of hydrogen-bond acceptors (Lipinski definition) is 5. The molecule has 1 unspecified atom stereocenters. The summed E-state index contributed by atoms with van der Waals surface area (Å²) in [5.74, 6) is -0.862. The molecular weight excluding hydrogens is 460 g/mol. The van der Waals surface area contributed by atoms with Gasteiger partial charge in [0.05, 0.1) is 6.61 Å². The predicted molar refractivity (Wildman–Crippen MR) is 136 cm³/mol. The minimum absolute atomic E-state index is 0.184. The lowest BCUT2D eigenvalue weighted by Crippen LogP contribution is -2.51. The van der Waals surface area contributed by atoms with Crippen molar-refractivity contribution < 1.29 is 24.2 Å². The summed E-state index contributed by atoms with van der Waals surface area (Å²) >= 11 is 0. The van der Waals surface area contributed by atoms with Crippen molar-refractivity contribution >= 4 is 34.9 Å². The van der Waals surface area contributed by atoms with Crippen LogP contribution in [0.1, 0.15) is 17.5 Å². The van der Waals surface area contributed by atoms with Crippen molar-refractivity contribution in [3.8, 4) is 0 Å². The summed E-state index contributed by atoms with van der Waals surface area (Å²) in [6.45, 7) is 1.14. The van der Waals surface area contributed by atoms with Crippen molar-refractivity contribution in [1.29, 1.82) is 0 Å². The topological polar surface area (TPSA) is 115 Å². The Kier molecular flexibility index (Phi) is 8.36. The molecule has 2 heterocycles. The first-order chi connectivity index (χ1) is 17.5.